The van der Waals surface area contributed by atoms with Gasteiger partial charge >= 0.3 is 0 Å². The van der Waals surface area contributed by atoms with Gasteiger partial charge in [-0.05, 0) is 30.2 Å². The number of pyridine rings is 1. The average molecular weight is 458 g/mol. The maximum absolute atomic E-state index is 13.1. The number of ether oxygens (including phenoxy) is 1. The predicted octanol–water partition coefficient (Wildman–Crippen LogP) is 0.975. The number of hydrogen-bond donors (Lipinski definition) is 1. The van der Waals surface area contributed by atoms with Gasteiger partial charge in [-0.15, -0.1) is 6.42 Å². The number of nitrogens with one attached hydrogen (secondary N) is 1. The van der Waals surface area contributed by atoms with E-state index in [4.69, 9.17) is 11.2 Å². The summed E-state index contributed by atoms with van der Waals surface area (Å²) in [6, 6.07) is 7.67. The SMILES string of the molecule is C#Cc1ccc(CN2CC(COc3cccc4c3C(=O)N(C3CCC(=O)NC3=O)C4=O)C2)cn1. The first-order chi connectivity index (χ1) is 16.4. The topological polar surface area (TPSA) is 109 Å². The van der Waals surface area contributed by atoms with Crippen molar-refractivity contribution >= 4 is 23.6 Å². The van der Waals surface area contributed by atoms with Crippen LogP contribution in [0.2, 0.25) is 0 Å². The first-order valence-electron chi connectivity index (χ1n) is 11.1. The molecule has 3 aliphatic rings. The molecule has 4 amide bonds. The third-order valence-electron chi connectivity index (χ3n) is 6.32. The Morgan fingerprint density at radius 1 is 1.12 bits per heavy atom. The fourth-order valence-corrected chi connectivity index (χ4v) is 4.58. The zero-order valence-electron chi connectivity index (χ0n) is 18.3. The summed E-state index contributed by atoms with van der Waals surface area (Å²) in [5, 5.41) is 2.20. The summed E-state index contributed by atoms with van der Waals surface area (Å²) in [5.74, 6) is 0.971. The summed E-state index contributed by atoms with van der Waals surface area (Å²) in [6.07, 6.45) is 7.31. The van der Waals surface area contributed by atoms with Crippen LogP contribution < -0.4 is 10.1 Å². The van der Waals surface area contributed by atoms with Crippen molar-refractivity contribution in [2.24, 2.45) is 5.92 Å². The fourth-order valence-electron chi connectivity index (χ4n) is 4.58. The minimum Gasteiger partial charge on any atom is -0.492 e. The number of likely N-dealkylation sites (tertiary alicyclic amines) is 1. The lowest BCUT2D eigenvalue weighted by atomic mass is 10.0. The van der Waals surface area contributed by atoms with E-state index in [1.165, 1.54) is 0 Å². The number of carbonyl (C=O) groups excluding carboxylic acids is 4. The molecule has 2 fully saturated rings. The minimum atomic E-state index is -0.998. The zero-order valence-corrected chi connectivity index (χ0v) is 18.3. The van der Waals surface area contributed by atoms with Crippen LogP contribution in [0, 0.1) is 18.3 Å². The quantitative estimate of drug-likeness (QED) is 0.508. The van der Waals surface area contributed by atoms with E-state index in [1.807, 2.05) is 12.1 Å². The lowest BCUT2D eigenvalue weighted by Crippen LogP contribution is -2.54. The maximum Gasteiger partial charge on any atom is 0.266 e. The monoisotopic (exact) mass is 458 g/mol. The Morgan fingerprint density at radius 2 is 1.94 bits per heavy atom. The van der Waals surface area contributed by atoms with Crippen molar-refractivity contribution < 1.29 is 23.9 Å². The number of piperidine rings is 1. The number of benzene rings is 1. The van der Waals surface area contributed by atoms with E-state index >= 15 is 0 Å². The van der Waals surface area contributed by atoms with E-state index in [-0.39, 0.29) is 29.9 Å². The molecule has 4 heterocycles. The van der Waals surface area contributed by atoms with Crippen LogP contribution in [0.25, 0.3) is 0 Å². The van der Waals surface area contributed by atoms with Crippen LogP contribution in [0.15, 0.2) is 36.5 Å². The molecule has 0 saturated carbocycles. The van der Waals surface area contributed by atoms with Gasteiger partial charge in [0.2, 0.25) is 11.8 Å². The molecule has 172 valence electrons. The normalized spacial score (nSPS) is 20.6. The lowest BCUT2D eigenvalue weighted by Gasteiger charge is -2.39. The van der Waals surface area contributed by atoms with Gasteiger partial charge in [-0.1, -0.05) is 18.1 Å². The fraction of sp³-hybridized carbons (Fsp3) is 0.320. The Bertz CT molecular complexity index is 1230. The van der Waals surface area contributed by atoms with Gasteiger partial charge in [-0.25, -0.2) is 4.98 Å². The van der Waals surface area contributed by atoms with Crippen molar-refractivity contribution in [2.45, 2.75) is 25.4 Å². The van der Waals surface area contributed by atoms with Crippen LogP contribution in [0.1, 0.15) is 44.8 Å². The number of rotatable bonds is 6. The highest BCUT2D eigenvalue weighted by atomic mass is 16.5. The molecule has 0 radical (unpaired) electrons. The number of fused-ring (bicyclic) bond motifs is 1. The number of hydrogen-bond acceptors (Lipinski definition) is 7. The summed E-state index contributed by atoms with van der Waals surface area (Å²) in [7, 11) is 0. The van der Waals surface area contributed by atoms with Crippen LogP contribution in [0.3, 0.4) is 0 Å². The van der Waals surface area contributed by atoms with Gasteiger partial charge in [-0.2, -0.15) is 0 Å². The second-order valence-electron chi connectivity index (χ2n) is 8.69. The summed E-state index contributed by atoms with van der Waals surface area (Å²) in [5.41, 5.74) is 2.08. The van der Waals surface area contributed by atoms with E-state index in [9.17, 15) is 19.2 Å². The number of aromatic nitrogens is 1. The minimum absolute atomic E-state index is 0.0788. The van der Waals surface area contributed by atoms with Gasteiger partial charge in [-0.3, -0.25) is 34.3 Å². The smallest absolute Gasteiger partial charge is 0.266 e. The number of amides is 4. The average Bonchev–Trinajstić information content (AvgIpc) is 3.06. The molecule has 1 unspecified atom stereocenters. The van der Waals surface area contributed by atoms with Gasteiger partial charge in [0.15, 0.2) is 0 Å². The molecule has 9 nitrogen and oxygen atoms in total. The molecule has 3 aliphatic heterocycles. The maximum atomic E-state index is 13.1. The Balaban J connectivity index is 1.20. The highest BCUT2D eigenvalue weighted by Gasteiger charge is 2.46. The third kappa shape index (κ3) is 3.93. The predicted molar refractivity (Wildman–Crippen MR) is 120 cm³/mol. The van der Waals surface area contributed by atoms with Crippen molar-refractivity contribution in [3.8, 4) is 18.1 Å². The van der Waals surface area contributed by atoms with Gasteiger partial charge < -0.3 is 4.74 Å². The summed E-state index contributed by atoms with van der Waals surface area (Å²) in [4.78, 5) is 57.1. The van der Waals surface area contributed by atoms with E-state index in [0.29, 0.717) is 18.1 Å². The van der Waals surface area contributed by atoms with Crippen molar-refractivity contribution in [3.63, 3.8) is 0 Å². The molecule has 2 saturated heterocycles. The third-order valence-corrected chi connectivity index (χ3v) is 6.32. The standard InChI is InChI=1S/C25H22N4O5/c1-2-17-7-6-15(10-26-17)11-28-12-16(13-28)14-34-20-5-3-4-18-22(20)25(33)29(24(18)32)19-8-9-21(30)27-23(19)31/h1,3-7,10,16,19H,8-9,11-14H2,(H,27,30,31). The first-order valence-corrected chi connectivity index (χ1v) is 11.1. The molecular weight excluding hydrogens is 436 g/mol. The van der Waals surface area contributed by atoms with Crippen molar-refractivity contribution in [1.29, 1.82) is 0 Å². The summed E-state index contributed by atoms with van der Waals surface area (Å²) in [6.45, 7) is 2.84. The van der Waals surface area contributed by atoms with Gasteiger partial charge in [0.25, 0.3) is 11.8 Å². The van der Waals surface area contributed by atoms with Crippen LogP contribution in [0.4, 0.5) is 0 Å². The molecule has 1 aromatic carbocycles. The highest BCUT2D eigenvalue weighted by molar-refractivity contribution is 6.24. The van der Waals surface area contributed by atoms with E-state index in [2.05, 4.69) is 21.1 Å². The number of carbonyl (C=O) groups is 4. The first kappa shape index (κ1) is 21.8. The second kappa shape index (κ2) is 8.72. The Kier molecular flexibility index (Phi) is 5.59. The Hall–Kier alpha value is -4.03. The molecule has 0 spiro atoms. The molecule has 1 aromatic heterocycles. The Morgan fingerprint density at radius 3 is 2.65 bits per heavy atom. The van der Waals surface area contributed by atoms with Crippen LogP contribution in [-0.4, -0.2) is 64.2 Å². The Labute approximate surface area is 196 Å². The molecule has 5 rings (SSSR count). The largest absolute Gasteiger partial charge is 0.492 e. The van der Waals surface area contributed by atoms with E-state index in [0.717, 1.165) is 30.1 Å². The molecule has 2 aromatic rings. The number of terminal acetylenes is 1. The van der Waals surface area contributed by atoms with Crippen molar-refractivity contribution in [3.05, 3.63) is 58.9 Å². The van der Waals surface area contributed by atoms with Crippen LogP contribution in [-0.2, 0) is 16.1 Å². The lowest BCUT2D eigenvalue weighted by molar-refractivity contribution is -0.136. The molecule has 1 N–H and O–H groups in total. The summed E-state index contributed by atoms with van der Waals surface area (Å²) >= 11 is 0. The molecule has 9 heteroatoms. The van der Waals surface area contributed by atoms with Gasteiger partial charge in [0.1, 0.15) is 17.5 Å². The molecule has 0 aliphatic carbocycles. The highest BCUT2D eigenvalue weighted by Crippen LogP contribution is 2.34. The van der Waals surface area contributed by atoms with Crippen LogP contribution in [0.5, 0.6) is 5.75 Å². The number of nitrogens with zero attached hydrogens (tertiary/aromatic N) is 3. The van der Waals surface area contributed by atoms with Crippen LogP contribution >= 0.6 is 0 Å². The van der Waals surface area contributed by atoms with E-state index < -0.39 is 29.7 Å². The molecule has 1 atom stereocenters. The molecule has 0 bridgehead atoms. The van der Waals surface area contributed by atoms with Crippen molar-refractivity contribution in [1.82, 2.24) is 20.1 Å². The van der Waals surface area contributed by atoms with Crippen molar-refractivity contribution in [2.75, 3.05) is 19.7 Å². The zero-order chi connectivity index (χ0) is 23.8. The summed E-state index contributed by atoms with van der Waals surface area (Å²) < 4.78 is 5.96. The molecular formula is C25H22N4O5. The van der Waals surface area contributed by atoms with Gasteiger partial charge in [0, 0.05) is 38.2 Å². The second-order valence-corrected chi connectivity index (χ2v) is 8.69. The van der Waals surface area contributed by atoms with E-state index in [1.54, 1.807) is 24.4 Å². The van der Waals surface area contributed by atoms with Gasteiger partial charge in [0.05, 0.1) is 17.7 Å². The number of imide groups is 2. The molecule has 34 heavy (non-hydrogen) atoms.